The second-order valence-corrected chi connectivity index (χ2v) is 3.87. The van der Waals surface area contributed by atoms with E-state index in [9.17, 15) is 9.59 Å². The van der Waals surface area contributed by atoms with Crippen LogP contribution in [0, 0.1) is 6.92 Å². The molecule has 1 rings (SSSR count). The number of hydrogen-bond acceptors (Lipinski definition) is 2. The summed E-state index contributed by atoms with van der Waals surface area (Å²) in [6.45, 7) is 1.44. The highest BCUT2D eigenvalue weighted by Gasteiger charge is 2.17. The molecule has 1 N–H and O–H groups in total. The normalized spacial score (nSPS) is 9.94. The molecule has 1 amide bonds. The molecule has 0 saturated heterocycles. The smallest absolute Gasteiger partial charge is 0.323 e. The molecule has 0 atom stereocenters. The summed E-state index contributed by atoms with van der Waals surface area (Å²) in [5.74, 6) is -1.45. The first-order chi connectivity index (χ1) is 7.43. The average Bonchev–Trinajstić information content (AvgIpc) is 2.20. The lowest BCUT2D eigenvalue weighted by Crippen LogP contribution is -2.32. The van der Waals surface area contributed by atoms with Crippen LogP contribution < -0.4 is 0 Å². The Hall–Kier alpha value is -1.55. The topological polar surface area (TPSA) is 57.6 Å². The van der Waals surface area contributed by atoms with Gasteiger partial charge in [-0.25, -0.2) is 0 Å². The van der Waals surface area contributed by atoms with Crippen molar-refractivity contribution in [3.8, 4) is 0 Å². The number of amides is 1. The highest BCUT2D eigenvalue weighted by Crippen LogP contribution is 2.21. The Labute approximate surface area is 98.4 Å². The van der Waals surface area contributed by atoms with Gasteiger partial charge in [0.25, 0.3) is 5.91 Å². The third kappa shape index (κ3) is 2.73. The molecule has 0 spiro atoms. The molecule has 0 aliphatic heterocycles. The van der Waals surface area contributed by atoms with E-state index in [1.807, 2.05) is 0 Å². The summed E-state index contributed by atoms with van der Waals surface area (Å²) in [5.41, 5.74) is 1.11. The van der Waals surface area contributed by atoms with Gasteiger partial charge < -0.3 is 10.0 Å². The van der Waals surface area contributed by atoms with Gasteiger partial charge in [0.15, 0.2) is 0 Å². The zero-order valence-corrected chi connectivity index (χ0v) is 9.78. The minimum Gasteiger partial charge on any atom is -0.480 e. The van der Waals surface area contributed by atoms with Crippen molar-refractivity contribution in [1.82, 2.24) is 4.90 Å². The van der Waals surface area contributed by atoms with E-state index in [0.717, 1.165) is 10.5 Å². The third-order valence-electron chi connectivity index (χ3n) is 2.14. The number of likely N-dealkylation sites (N-methyl/N-ethyl adjacent to an activating group) is 1. The number of aryl methyl sites for hydroxylation is 1. The summed E-state index contributed by atoms with van der Waals surface area (Å²) in [6, 6.07) is 5.08. The summed E-state index contributed by atoms with van der Waals surface area (Å²) < 4.78 is 0. The van der Waals surface area contributed by atoms with Gasteiger partial charge in [-0.15, -0.1) is 0 Å². The molecule has 1 aromatic carbocycles. The molecule has 0 heterocycles. The number of halogens is 1. The summed E-state index contributed by atoms with van der Waals surface area (Å²) in [5, 5.41) is 8.94. The van der Waals surface area contributed by atoms with Crippen molar-refractivity contribution in [3.05, 3.63) is 34.3 Å². The lowest BCUT2D eigenvalue weighted by molar-refractivity contribution is -0.137. The van der Waals surface area contributed by atoms with Gasteiger partial charge in [0.1, 0.15) is 6.54 Å². The van der Waals surface area contributed by atoms with Crippen molar-refractivity contribution in [1.29, 1.82) is 0 Å². The van der Waals surface area contributed by atoms with E-state index in [4.69, 9.17) is 16.7 Å². The maximum absolute atomic E-state index is 11.8. The maximum Gasteiger partial charge on any atom is 0.323 e. The molecule has 0 aromatic heterocycles. The van der Waals surface area contributed by atoms with E-state index < -0.39 is 11.9 Å². The number of nitrogens with zero attached hydrogens (tertiary/aromatic N) is 1. The Kier molecular flexibility index (Phi) is 3.90. The van der Waals surface area contributed by atoms with Gasteiger partial charge in [0.2, 0.25) is 0 Å². The van der Waals surface area contributed by atoms with Gasteiger partial charge in [0, 0.05) is 7.05 Å². The lowest BCUT2D eigenvalue weighted by Gasteiger charge is -2.15. The first-order valence-electron chi connectivity index (χ1n) is 4.66. The minimum atomic E-state index is -1.06. The summed E-state index contributed by atoms with van der Waals surface area (Å²) in [4.78, 5) is 23.4. The lowest BCUT2D eigenvalue weighted by atomic mass is 10.1. The number of carboxylic acid groups (broad SMARTS) is 1. The molecule has 0 radical (unpaired) electrons. The van der Waals surface area contributed by atoms with E-state index in [2.05, 4.69) is 0 Å². The zero-order chi connectivity index (χ0) is 12.3. The fraction of sp³-hybridized carbons (Fsp3) is 0.273. The van der Waals surface area contributed by atoms with Crippen LogP contribution in [0.3, 0.4) is 0 Å². The second-order valence-electron chi connectivity index (χ2n) is 3.49. The van der Waals surface area contributed by atoms with Crippen LogP contribution in [-0.4, -0.2) is 35.5 Å². The minimum absolute atomic E-state index is 0.324. The molecule has 0 fully saturated rings. The Balaban J connectivity index is 2.96. The summed E-state index contributed by atoms with van der Waals surface area (Å²) in [6.07, 6.45) is 0. The molecule has 0 bridgehead atoms. The predicted octanol–water partition coefficient (Wildman–Crippen LogP) is 1.81. The maximum atomic E-state index is 11.8. The van der Waals surface area contributed by atoms with E-state index in [-0.39, 0.29) is 6.54 Å². The molecule has 5 heteroatoms. The SMILES string of the molecule is Cc1cccc(C(=O)N(C)CC(=O)O)c1Cl. The van der Waals surface area contributed by atoms with Crippen molar-refractivity contribution >= 4 is 23.5 Å². The Morgan fingerprint density at radius 3 is 2.62 bits per heavy atom. The van der Waals surface area contributed by atoms with Crippen molar-refractivity contribution in [2.45, 2.75) is 6.92 Å². The van der Waals surface area contributed by atoms with Crippen LogP contribution in [0.25, 0.3) is 0 Å². The van der Waals surface area contributed by atoms with Gasteiger partial charge in [-0.2, -0.15) is 0 Å². The van der Waals surface area contributed by atoms with Crippen LogP contribution in [0.5, 0.6) is 0 Å². The largest absolute Gasteiger partial charge is 0.480 e. The number of hydrogen-bond donors (Lipinski definition) is 1. The number of carbonyl (C=O) groups excluding carboxylic acids is 1. The number of rotatable bonds is 3. The number of carbonyl (C=O) groups is 2. The second kappa shape index (κ2) is 4.99. The highest BCUT2D eigenvalue weighted by molar-refractivity contribution is 6.34. The van der Waals surface area contributed by atoms with Crippen LogP contribution in [0.15, 0.2) is 18.2 Å². The van der Waals surface area contributed by atoms with Crippen molar-refractivity contribution in [2.75, 3.05) is 13.6 Å². The number of benzene rings is 1. The Bertz CT molecular complexity index is 431. The molecule has 0 aliphatic carbocycles. The van der Waals surface area contributed by atoms with Gasteiger partial charge in [-0.3, -0.25) is 9.59 Å². The third-order valence-corrected chi connectivity index (χ3v) is 2.64. The Morgan fingerprint density at radius 1 is 1.44 bits per heavy atom. The van der Waals surface area contributed by atoms with E-state index in [1.165, 1.54) is 7.05 Å². The molecule has 1 aromatic rings. The van der Waals surface area contributed by atoms with Gasteiger partial charge >= 0.3 is 5.97 Å². The number of aliphatic carboxylic acids is 1. The summed E-state index contributed by atoms with van der Waals surface area (Å²) in [7, 11) is 1.43. The van der Waals surface area contributed by atoms with Gasteiger partial charge in [0.05, 0.1) is 10.6 Å². The van der Waals surface area contributed by atoms with Gasteiger partial charge in [-0.05, 0) is 18.6 Å². The molecule has 0 unspecified atom stereocenters. The van der Waals surface area contributed by atoms with Crippen LogP contribution in [0.1, 0.15) is 15.9 Å². The molecule has 0 aliphatic rings. The predicted molar refractivity (Wildman–Crippen MR) is 60.8 cm³/mol. The van der Waals surface area contributed by atoms with Crippen molar-refractivity contribution in [3.63, 3.8) is 0 Å². The molecular weight excluding hydrogens is 230 g/mol. The molecule has 0 saturated carbocycles. The standard InChI is InChI=1S/C11H12ClNO3/c1-7-4-3-5-8(10(7)12)11(16)13(2)6-9(14)15/h3-5H,6H2,1-2H3,(H,14,15). The monoisotopic (exact) mass is 241 g/mol. The van der Waals surface area contributed by atoms with Crippen LogP contribution >= 0.6 is 11.6 Å². The molecule has 16 heavy (non-hydrogen) atoms. The molecule has 4 nitrogen and oxygen atoms in total. The number of carboxylic acids is 1. The highest BCUT2D eigenvalue weighted by atomic mass is 35.5. The summed E-state index contributed by atoms with van der Waals surface area (Å²) >= 11 is 5.97. The fourth-order valence-corrected chi connectivity index (χ4v) is 1.50. The van der Waals surface area contributed by atoms with E-state index in [1.54, 1.807) is 25.1 Å². The zero-order valence-electron chi connectivity index (χ0n) is 9.03. The van der Waals surface area contributed by atoms with Crippen LogP contribution in [0.4, 0.5) is 0 Å². The quantitative estimate of drug-likeness (QED) is 0.878. The van der Waals surface area contributed by atoms with Crippen LogP contribution in [-0.2, 0) is 4.79 Å². The molecular formula is C11H12ClNO3. The first kappa shape index (κ1) is 12.5. The fourth-order valence-electron chi connectivity index (χ4n) is 1.29. The van der Waals surface area contributed by atoms with Crippen LogP contribution in [0.2, 0.25) is 5.02 Å². The van der Waals surface area contributed by atoms with Crippen molar-refractivity contribution in [2.24, 2.45) is 0 Å². The van der Waals surface area contributed by atoms with E-state index >= 15 is 0 Å². The first-order valence-corrected chi connectivity index (χ1v) is 5.03. The van der Waals surface area contributed by atoms with E-state index in [0.29, 0.717) is 10.6 Å². The molecule has 86 valence electrons. The average molecular weight is 242 g/mol. The Morgan fingerprint density at radius 2 is 2.06 bits per heavy atom. The van der Waals surface area contributed by atoms with Crippen molar-refractivity contribution < 1.29 is 14.7 Å². The van der Waals surface area contributed by atoms with Gasteiger partial charge in [-0.1, -0.05) is 23.7 Å².